The summed E-state index contributed by atoms with van der Waals surface area (Å²) in [5, 5.41) is 8.54. The van der Waals surface area contributed by atoms with Crippen LogP contribution in [-0.4, -0.2) is 43.2 Å². The van der Waals surface area contributed by atoms with Crippen molar-refractivity contribution < 1.29 is 28.9 Å². The highest BCUT2D eigenvalue weighted by Gasteiger charge is 2.33. The van der Waals surface area contributed by atoms with Crippen LogP contribution in [-0.2, 0) is 23.8 Å². The van der Waals surface area contributed by atoms with Crippen LogP contribution >= 0.6 is 0 Å². The van der Waals surface area contributed by atoms with Crippen LogP contribution in [0, 0.1) is 5.41 Å². The number of aliphatic carboxylic acids is 1. The summed E-state index contributed by atoms with van der Waals surface area (Å²) in [6, 6.07) is 9.84. The fourth-order valence-corrected chi connectivity index (χ4v) is 2.14. The third-order valence-electron chi connectivity index (χ3n) is 3.56. The van der Waals surface area contributed by atoms with Gasteiger partial charge >= 0.3 is 11.9 Å². The van der Waals surface area contributed by atoms with Gasteiger partial charge in [-0.1, -0.05) is 43.3 Å². The molecule has 130 valence electrons. The van der Waals surface area contributed by atoms with Gasteiger partial charge < -0.3 is 19.3 Å². The Bertz CT molecular complexity index is 572. The third kappa shape index (κ3) is 6.14. The summed E-state index contributed by atoms with van der Waals surface area (Å²) in [6.45, 7) is 2.82. The van der Waals surface area contributed by atoms with Crippen LogP contribution in [0.15, 0.2) is 36.4 Å². The molecule has 6 heteroatoms. The Hall–Kier alpha value is -2.18. The van der Waals surface area contributed by atoms with E-state index in [0.717, 1.165) is 5.56 Å². The van der Waals surface area contributed by atoms with E-state index in [4.69, 9.17) is 19.3 Å². The van der Waals surface area contributed by atoms with Crippen LogP contribution in [0.3, 0.4) is 0 Å². The van der Waals surface area contributed by atoms with E-state index in [9.17, 15) is 9.59 Å². The number of carboxylic acid groups (broad SMARTS) is 1. The summed E-state index contributed by atoms with van der Waals surface area (Å²) in [5.41, 5.74) is 0.626. The first kappa shape index (κ1) is 18.2. The lowest BCUT2D eigenvalue weighted by Gasteiger charge is -2.35. The molecule has 0 saturated carbocycles. The zero-order valence-corrected chi connectivity index (χ0v) is 13.6. The lowest BCUT2D eigenvalue weighted by Crippen LogP contribution is -2.42. The first-order valence-corrected chi connectivity index (χ1v) is 7.81. The zero-order valence-electron chi connectivity index (χ0n) is 13.6. The SMILES string of the molecule is CC1(COC(=O)CCC(=O)O)COC(/C=C/c2ccccc2)OC1. The quantitative estimate of drug-likeness (QED) is 0.772. The average molecular weight is 334 g/mol. The highest BCUT2D eigenvalue weighted by atomic mass is 16.7. The van der Waals surface area contributed by atoms with E-state index < -0.39 is 23.6 Å². The maximum Gasteiger partial charge on any atom is 0.306 e. The fourth-order valence-electron chi connectivity index (χ4n) is 2.14. The fraction of sp³-hybridized carbons (Fsp3) is 0.444. The highest BCUT2D eigenvalue weighted by Crippen LogP contribution is 2.25. The summed E-state index contributed by atoms with van der Waals surface area (Å²) in [7, 11) is 0. The molecule has 2 rings (SSSR count). The Morgan fingerprint density at radius 3 is 2.54 bits per heavy atom. The molecule has 1 aliphatic heterocycles. The van der Waals surface area contributed by atoms with Gasteiger partial charge in [-0.2, -0.15) is 0 Å². The van der Waals surface area contributed by atoms with Crippen LogP contribution in [0.1, 0.15) is 25.3 Å². The van der Waals surface area contributed by atoms with Crippen molar-refractivity contribution in [2.75, 3.05) is 19.8 Å². The van der Waals surface area contributed by atoms with Crippen LogP contribution in [0.4, 0.5) is 0 Å². The van der Waals surface area contributed by atoms with E-state index in [-0.39, 0.29) is 19.4 Å². The zero-order chi connectivity index (χ0) is 17.4. The number of hydrogen-bond acceptors (Lipinski definition) is 5. The molecule has 0 atom stereocenters. The molecule has 0 unspecified atom stereocenters. The van der Waals surface area contributed by atoms with Gasteiger partial charge in [0.1, 0.15) is 6.61 Å². The van der Waals surface area contributed by atoms with Gasteiger partial charge in [0, 0.05) is 5.41 Å². The molecule has 0 amide bonds. The molecule has 24 heavy (non-hydrogen) atoms. The Balaban J connectivity index is 1.73. The molecule has 1 heterocycles. The second-order valence-corrected chi connectivity index (χ2v) is 6.13. The molecule has 0 radical (unpaired) electrons. The van der Waals surface area contributed by atoms with E-state index >= 15 is 0 Å². The molecule has 1 N–H and O–H groups in total. The standard InChI is InChI=1S/C18H22O6/c1-18(11-22-16(21)9-8-15(19)20)12-23-17(24-13-18)10-7-14-5-3-2-4-6-14/h2-7,10,17H,8-9,11-13H2,1H3,(H,19,20)/b10-7+. The molecule has 1 aromatic carbocycles. The van der Waals surface area contributed by atoms with Gasteiger partial charge in [0.05, 0.1) is 26.1 Å². The van der Waals surface area contributed by atoms with E-state index in [1.807, 2.05) is 49.4 Å². The van der Waals surface area contributed by atoms with E-state index in [1.54, 1.807) is 0 Å². The normalized spacial score (nSPS) is 24.0. The van der Waals surface area contributed by atoms with Crippen molar-refractivity contribution in [3.8, 4) is 0 Å². The Morgan fingerprint density at radius 1 is 1.25 bits per heavy atom. The smallest absolute Gasteiger partial charge is 0.306 e. The first-order chi connectivity index (χ1) is 11.5. The first-order valence-electron chi connectivity index (χ1n) is 7.81. The lowest BCUT2D eigenvalue weighted by atomic mass is 9.93. The summed E-state index contributed by atoms with van der Waals surface area (Å²) >= 11 is 0. The molecule has 0 bridgehead atoms. The van der Waals surface area contributed by atoms with Gasteiger partial charge in [-0.25, -0.2) is 0 Å². The number of hydrogen-bond donors (Lipinski definition) is 1. The Labute approximate surface area is 141 Å². The van der Waals surface area contributed by atoms with Crippen molar-refractivity contribution in [2.24, 2.45) is 5.41 Å². The molecular weight excluding hydrogens is 312 g/mol. The van der Waals surface area contributed by atoms with Gasteiger partial charge in [0.2, 0.25) is 0 Å². The number of rotatable bonds is 7. The van der Waals surface area contributed by atoms with Crippen LogP contribution < -0.4 is 0 Å². The van der Waals surface area contributed by atoms with Crippen LogP contribution in [0.25, 0.3) is 6.08 Å². The largest absolute Gasteiger partial charge is 0.481 e. The number of carboxylic acids is 1. The second kappa shape index (κ2) is 8.61. The molecular formula is C18H22O6. The molecule has 1 saturated heterocycles. The summed E-state index contributed by atoms with van der Waals surface area (Å²) in [5.74, 6) is -1.54. The van der Waals surface area contributed by atoms with E-state index in [1.165, 1.54) is 0 Å². The molecule has 6 nitrogen and oxygen atoms in total. The maximum absolute atomic E-state index is 11.5. The number of benzene rings is 1. The highest BCUT2D eigenvalue weighted by molar-refractivity contribution is 5.76. The van der Waals surface area contributed by atoms with Crippen molar-refractivity contribution in [3.05, 3.63) is 42.0 Å². The summed E-state index contributed by atoms with van der Waals surface area (Å²) < 4.78 is 16.4. The van der Waals surface area contributed by atoms with E-state index in [0.29, 0.717) is 13.2 Å². The van der Waals surface area contributed by atoms with Gasteiger partial charge in [0.15, 0.2) is 6.29 Å². The van der Waals surface area contributed by atoms with Crippen molar-refractivity contribution in [1.29, 1.82) is 0 Å². The van der Waals surface area contributed by atoms with Crippen LogP contribution in [0.2, 0.25) is 0 Å². The predicted octanol–water partition coefficient (Wildman–Crippen LogP) is 2.49. The molecule has 1 aliphatic rings. The van der Waals surface area contributed by atoms with Crippen LogP contribution in [0.5, 0.6) is 0 Å². The second-order valence-electron chi connectivity index (χ2n) is 6.13. The molecule has 0 aromatic heterocycles. The Kier molecular flexibility index (Phi) is 6.52. The van der Waals surface area contributed by atoms with Crippen molar-refractivity contribution >= 4 is 18.0 Å². The van der Waals surface area contributed by atoms with Gasteiger partial charge in [-0.05, 0) is 11.6 Å². The van der Waals surface area contributed by atoms with Gasteiger partial charge in [-0.3, -0.25) is 9.59 Å². The van der Waals surface area contributed by atoms with Crippen molar-refractivity contribution in [1.82, 2.24) is 0 Å². The van der Waals surface area contributed by atoms with Crippen molar-refractivity contribution in [3.63, 3.8) is 0 Å². The third-order valence-corrected chi connectivity index (χ3v) is 3.56. The molecule has 0 aliphatic carbocycles. The summed E-state index contributed by atoms with van der Waals surface area (Å²) in [4.78, 5) is 21.9. The maximum atomic E-state index is 11.5. The minimum atomic E-state index is -1.02. The number of esters is 1. The molecule has 1 aromatic rings. The molecule has 0 spiro atoms. The lowest BCUT2D eigenvalue weighted by molar-refractivity contribution is -0.214. The van der Waals surface area contributed by atoms with Gasteiger partial charge in [0.25, 0.3) is 0 Å². The Morgan fingerprint density at radius 2 is 1.92 bits per heavy atom. The minimum Gasteiger partial charge on any atom is -0.481 e. The molecule has 1 fully saturated rings. The number of ether oxygens (including phenoxy) is 3. The summed E-state index contributed by atoms with van der Waals surface area (Å²) in [6.07, 6.45) is 2.98. The average Bonchev–Trinajstić information content (AvgIpc) is 2.59. The monoisotopic (exact) mass is 334 g/mol. The number of carbonyl (C=O) groups is 2. The predicted molar refractivity (Wildman–Crippen MR) is 87.1 cm³/mol. The minimum absolute atomic E-state index is 0.129. The van der Waals surface area contributed by atoms with Crippen molar-refractivity contribution in [2.45, 2.75) is 26.1 Å². The van der Waals surface area contributed by atoms with Gasteiger partial charge in [-0.15, -0.1) is 0 Å². The van der Waals surface area contributed by atoms with E-state index in [2.05, 4.69) is 0 Å². The number of carbonyl (C=O) groups excluding carboxylic acids is 1. The topological polar surface area (TPSA) is 82.1 Å².